The lowest BCUT2D eigenvalue weighted by atomic mass is 9.65. The molecule has 2 heterocycles. The van der Waals surface area contributed by atoms with Gasteiger partial charge in [-0.05, 0) is 43.9 Å². The quantitative estimate of drug-likeness (QED) is 0.406. The fourth-order valence-corrected chi connectivity index (χ4v) is 4.33. The Hall–Kier alpha value is -0.830. The summed E-state index contributed by atoms with van der Waals surface area (Å²) in [4.78, 5) is 7.45. The van der Waals surface area contributed by atoms with E-state index >= 15 is 0 Å². The van der Waals surface area contributed by atoms with E-state index in [2.05, 4.69) is 28.4 Å². The number of hydrogen-bond donors (Lipinski definition) is 1. The Morgan fingerprint density at radius 2 is 2.23 bits per heavy atom. The molecular formula is C19H32IN5O. The molecule has 7 heteroatoms. The van der Waals surface area contributed by atoms with Gasteiger partial charge in [-0.2, -0.15) is 5.10 Å². The molecule has 4 rings (SSSR count). The van der Waals surface area contributed by atoms with E-state index in [-0.39, 0.29) is 30.1 Å². The molecule has 0 amide bonds. The molecule has 6 nitrogen and oxygen atoms in total. The first-order valence-electron chi connectivity index (χ1n) is 9.83. The Bertz CT molecular complexity index is 623. The number of aryl methyl sites for hydroxylation is 1. The highest BCUT2D eigenvalue weighted by Crippen LogP contribution is 2.57. The van der Waals surface area contributed by atoms with Gasteiger partial charge in [-0.25, -0.2) is 0 Å². The van der Waals surface area contributed by atoms with E-state index in [0.717, 1.165) is 50.2 Å². The molecule has 1 aromatic rings. The van der Waals surface area contributed by atoms with Gasteiger partial charge < -0.3 is 15.0 Å². The zero-order chi connectivity index (χ0) is 17.3. The van der Waals surface area contributed by atoms with Crippen LogP contribution in [-0.4, -0.2) is 53.4 Å². The molecule has 2 saturated carbocycles. The van der Waals surface area contributed by atoms with E-state index in [4.69, 9.17) is 9.73 Å². The minimum Gasteiger partial charge on any atom is -0.370 e. The summed E-state index contributed by atoms with van der Waals surface area (Å²) in [5.74, 6) is 2.01. The highest BCUT2D eigenvalue weighted by Gasteiger charge is 2.48. The van der Waals surface area contributed by atoms with Gasteiger partial charge in [-0.1, -0.05) is 6.42 Å². The van der Waals surface area contributed by atoms with Crippen LogP contribution < -0.4 is 5.32 Å². The van der Waals surface area contributed by atoms with Crippen molar-refractivity contribution in [2.75, 3.05) is 32.8 Å². The molecule has 1 unspecified atom stereocenters. The number of hydrogen-bond acceptors (Lipinski definition) is 3. The first-order valence-corrected chi connectivity index (χ1v) is 9.83. The number of nitrogens with one attached hydrogen (secondary N) is 1. The van der Waals surface area contributed by atoms with Gasteiger partial charge in [0.05, 0.1) is 19.3 Å². The number of morpholine rings is 1. The zero-order valence-corrected chi connectivity index (χ0v) is 18.3. The molecule has 0 bridgehead atoms. The minimum absolute atomic E-state index is 0. The molecule has 3 aliphatic rings. The molecule has 3 fully saturated rings. The van der Waals surface area contributed by atoms with Crippen LogP contribution in [0, 0.1) is 11.3 Å². The van der Waals surface area contributed by atoms with E-state index in [1.807, 2.05) is 17.9 Å². The number of halogens is 1. The Morgan fingerprint density at radius 1 is 1.42 bits per heavy atom. The van der Waals surface area contributed by atoms with Crippen LogP contribution in [0.2, 0.25) is 0 Å². The van der Waals surface area contributed by atoms with Crippen LogP contribution in [0.25, 0.3) is 0 Å². The Labute approximate surface area is 173 Å². The number of aromatic nitrogens is 2. The molecule has 0 radical (unpaired) electrons. The average Bonchev–Trinajstić information content (AvgIpc) is 3.34. The molecule has 1 aromatic heterocycles. The SMILES string of the molecule is CCNC(=NCC1(C2CC2)CCC1)N1CCOC(c2cnn(C)c2)C1.I. The Morgan fingerprint density at radius 3 is 2.81 bits per heavy atom. The highest BCUT2D eigenvalue weighted by atomic mass is 127. The highest BCUT2D eigenvalue weighted by molar-refractivity contribution is 14.0. The molecule has 1 N–H and O–H groups in total. The minimum atomic E-state index is 0. The van der Waals surface area contributed by atoms with Crippen molar-refractivity contribution >= 4 is 29.9 Å². The van der Waals surface area contributed by atoms with Crippen molar-refractivity contribution in [2.45, 2.75) is 45.1 Å². The van der Waals surface area contributed by atoms with Gasteiger partial charge in [0.25, 0.3) is 0 Å². The predicted octanol–water partition coefficient (Wildman–Crippen LogP) is 2.96. The third kappa shape index (κ3) is 4.18. The molecule has 0 spiro atoms. The van der Waals surface area contributed by atoms with Gasteiger partial charge >= 0.3 is 0 Å². The summed E-state index contributed by atoms with van der Waals surface area (Å²) in [6, 6.07) is 0. The summed E-state index contributed by atoms with van der Waals surface area (Å²) >= 11 is 0. The zero-order valence-electron chi connectivity index (χ0n) is 16.0. The van der Waals surface area contributed by atoms with Crippen LogP contribution in [0.4, 0.5) is 0 Å². The van der Waals surface area contributed by atoms with E-state index in [1.54, 1.807) is 0 Å². The number of guanidine groups is 1. The largest absolute Gasteiger partial charge is 0.370 e. The van der Waals surface area contributed by atoms with Crippen LogP contribution in [0.1, 0.15) is 50.7 Å². The van der Waals surface area contributed by atoms with Crippen molar-refractivity contribution in [2.24, 2.45) is 23.4 Å². The monoisotopic (exact) mass is 473 g/mol. The van der Waals surface area contributed by atoms with Crippen molar-refractivity contribution in [3.63, 3.8) is 0 Å². The molecule has 1 aliphatic heterocycles. The van der Waals surface area contributed by atoms with E-state index in [0.29, 0.717) is 5.41 Å². The number of ether oxygens (including phenoxy) is 1. The molecular weight excluding hydrogens is 441 g/mol. The van der Waals surface area contributed by atoms with E-state index in [1.165, 1.54) is 32.1 Å². The van der Waals surface area contributed by atoms with Gasteiger partial charge in [-0.15, -0.1) is 24.0 Å². The van der Waals surface area contributed by atoms with E-state index in [9.17, 15) is 0 Å². The van der Waals surface area contributed by atoms with Gasteiger partial charge in [0.1, 0.15) is 6.10 Å². The molecule has 1 atom stereocenters. The summed E-state index contributed by atoms with van der Waals surface area (Å²) in [5.41, 5.74) is 1.67. The predicted molar refractivity (Wildman–Crippen MR) is 114 cm³/mol. The number of nitrogens with zero attached hydrogens (tertiary/aromatic N) is 4. The fraction of sp³-hybridized carbons (Fsp3) is 0.789. The van der Waals surface area contributed by atoms with Crippen LogP contribution >= 0.6 is 24.0 Å². The normalized spacial score (nSPS) is 25.4. The Balaban J connectivity index is 0.00000196. The topological polar surface area (TPSA) is 54.7 Å². The van der Waals surface area contributed by atoms with Crippen LogP contribution in [0.3, 0.4) is 0 Å². The summed E-state index contributed by atoms with van der Waals surface area (Å²) in [6.07, 6.45) is 11.0. The lowest BCUT2D eigenvalue weighted by Gasteiger charge is -2.42. The van der Waals surface area contributed by atoms with Crippen LogP contribution in [-0.2, 0) is 11.8 Å². The first-order chi connectivity index (χ1) is 12.2. The third-order valence-corrected chi connectivity index (χ3v) is 6.13. The van der Waals surface area contributed by atoms with Crippen molar-refractivity contribution in [3.05, 3.63) is 18.0 Å². The van der Waals surface area contributed by atoms with Crippen molar-refractivity contribution in [3.8, 4) is 0 Å². The van der Waals surface area contributed by atoms with Gasteiger partial charge in [0.2, 0.25) is 0 Å². The molecule has 2 aliphatic carbocycles. The van der Waals surface area contributed by atoms with Gasteiger partial charge in [-0.3, -0.25) is 9.67 Å². The van der Waals surface area contributed by atoms with Crippen molar-refractivity contribution in [1.82, 2.24) is 20.0 Å². The van der Waals surface area contributed by atoms with Crippen molar-refractivity contribution in [1.29, 1.82) is 0 Å². The lowest BCUT2D eigenvalue weighted by Crippen LogP contribution is -2.49. The molecule has 0 aromatic carbocycles. The summed E-state index contributed by atoms with van der Waals surface area (Å²) in [6.45, 7) is 6.53. The maximum absolute atomic E-state index is 5.98. The summed E-state index contributed by atoms with van der Waals surface area (Å²) in [7, 11) is 1.95. The number of rotatable bonds is 5. The third-order valence-electron chi connectivity index (χ3n) is 6.13. The lowest BCUT2D eigenvalue weighted by molar-refractivity contribution is -0.00824. The Kier molecular flexibility index (Phi) is 6.48. The molecule has 146 valence electrons. The summed E-state index contributed by atoms with van der Waals surface area (Å²) in [5, 5.41) is 7.79. The second-order valence-electron chi connectivity index (χ2n) is 7.91. The average molecular weight is 473 g/mol. The number of aliphatic imine (C=N–C) groups is 1. The smallest absolute Gasteiger partial charge is 0.194 e. The standard InChI is InChI=1S/C19H31N5O.HI/c1-3-20-18(21-14-19(7-4-8-19)16-5-6-16)24-9-10-25-17(13-24)15-11-22-23(2)12-15;/h11-12,16-17H,3-10,13-14H2,1-2H3,(H,20,21);1H. The molecule has 26 heavy (non-hydrogen) atoms. The second-order valence-corrected chi connectivity index (χ2v) is 7.91. The summed E-state index contributed by atoms with van der Waals surface area (Å²) < 4.78 is 7.82. The fourth-order valence-electron chi connectivity index (χ4n) is 4.33. The maximum atomic E-state index is 5.98. The van der Waals surface area contributed by atoms with E-state index < -0.39 is 0 Å². The van der Waals surface area contributed by atoms with Crippen molar-refractivity contribution < 1.29 is 4.74 Å². The van der Waals surface area contributed by atoms with Crippen LogP contribution in [0.15, 0.2) is 17.4 Å². The maximum Gasteiger partial charge on any atom is 0.194 e. The second kappa shape index (κ2) is 8.46. The molecule has 1 saturated heterocycles. The first kappa shape index (κ1) is 19.9. The van der Waals surface area contributed by atoms with Crippen LogP contribution in [0.5, 0.6) is 0 Å². The van der Waals surface area contributed by atoms with Gasteiger partial charge in [0, 0.05) is 38.4 Å². The van der Waals surface area contributed by atoms with Gasteiger partial charge in [0.15, 0.2) is 5.96 Å².